The van der Waals surface area contributed by atoms with Gasteiger partial charge in [-0.05, 0) is 34.8 Å². The van der Waals surface area contributed by atoms with E-state index < -0.39 is 10.9 Å². The fraction of sp³-hybridized carbons (Fsp3) is 0.417. The van der Waals surface area contributed by atoms with Crippen molar-refractivity contribution >= 4 is 27.6 Å². The van der Waals surface area contributed by atoms with Crippen LogP contribution in [0.4, 0.5) is 5.69 Å². The average molecular weight is 314 g/mol. The van der Waals surface area contributed by atoms with E-state index in [1.807, 2.05) is 0 Å². The van der Waals surface area contributed by atoms with Crippen molar-refractivity contribution < 1.29 is 14.5 Å². The van der Waals surface area contributed by atoms with Gasteiger partial charge in [-0.1, -0.05) is 13.3 Å². The first-order valence-electron chi connectivity index (χ1n) is 5.73. The molecule has 1 aromatic rings. The molecule has 0 bridgehead atoms. The summed E-state index contributed by atoms with van der Waals surface area (Å²) >= 11 is 3.16. The van der Waals surface area contributed by atoms with Crippen molar-refractivity contribution in [2.45, 2.75) is 32.3 Å². The van der Waals surface area contributed by atoms with Crippen molar-refractivity contribution in [3.8, 4) is 0 Å². The Balaban J connectivity index is 2.40. The Morgan fingerprint density at radius 2 is 2.22 bits per heavy atom. The fourth-order valence-corrected chi connectivity index (χ4v) is 2.53. The molecule has 0 fully saturated rings. The zero-order valence-electron chi connectivity index (χ0n) is 9.81. The van der Waals surface area contributed by atoms with E-state index in [1.54, 1.807) is 6.07 Å². The molecule has 18 heavy (non-hydrogen) atoms. The molecule has 6 heteroatoms. The van der Waals surface area contributed by atoms with Crippen LogP contribution in [0.3, 0.4) is 0 Å². The molecule has 0 spiro atoms. The summed E-state index contributed by atoms with van der Waals surface area (Å²) in [5.74, 6) is -0.471. The van der Waals surface area contributed by atoms with E-state index in [4.69, 9.17) is 4.74 Å². The van der Waals surface area contributed by atoms with Crippen LogP contribution in [0.15, 0.2) is 16.6 Å². The Morgan fingerprint density at radius 1 is 1.50 bits per heavy atom. The smallest absolute Gasteiger partial charge is 0.339 e. The highest BCUT2D eigenvalue weighted by molar-refractivity contribution is 9.10. The first-order valence-corrected chi connectivity index (χ1v) is 6.52. The third-order valence-corrected chi connectivity index (χ3v) is 3.59. The van der Waals surface area contributed by atoms with Crippen molar-refractivity contribution in [3.05, 3.63) is 37.8 Å². The second kappa shape index (κ2) is 5.06. The van der Waals surface area contributed by atoms with Crippen LogP contribution < -0.4 is 0 Å². The summed E-state index contributed by atoms with van der Waals surface area (Å²) < 4.78 is 5.62. The van der Waals surface area contributed by atoms with Gasteiger partial charge < -0.3 is 4.74 Å². The van der Waals surface area contributed by atoms with E-state index >= 15 is 0 Å². The molecule has 1 heterocycles. The Morgan fingerprint density at radius 3 is 2.83 bits per heavy atom. The first-order chi connectivity index (χ1) is 8.54. The highest BCUT2D eigenvalue weighted by atomic mass is 79.9. The van der Waals surface area contributed by atoms with Crippen molar-refractivity contribution in [2.75, 3.05) is 0 Å². The molecule has 0 amide bonds. The average Bonchev–Trinajstić information content (AvgIpc) is 2.62. The number of hydrogen-bond donors (Lipinski definition) is 0. The number of nitro groups is 1. The van der Waals surface area contributed by atoms with E-state index in [1.165, 1.54) is 6.07 Å². The number of benzene rings is 1. The molecule has 0 radical (unpaired) electrons. The minimum absolute atomic E-state index is 0.109. The Labute approximate surface area is 112 Å². The molecule has 0 aromatic heterocycles. The topological polar surface area (TPSA) is 69.4 Å². The van der Waals surface area contributed by atoms with Gasteiger partial charge in [0.15, 0.2) is 0 Å². The van der Waals surface area contributed by atoms with Gasteiger partial charge in [0, 0.05) is 11.6 Å². The normalized spacial score (nSPS) is 17.4. The molecular weight excluding hydrogens is 302 g/mol. The number of carbonyl (C=O) groups excluding carboxylic acids is 1. The fourth-order valence-electron chi connectivity index (χ4n) is 2.02. The third-order valence-electron chi connectivity index (χ3n) is 2.95. The summed E-state index contributed by atoms with van der Waals surface area (Å²) in [4.78, 5) is 22.0. The van der Waals surface area contributed by atoms with Gasteiger partial charge in [0.1, 0.15) is 6.10 Å². The highest BCUT2D eigenvalue weighted by Gasteiger charge is 2.33. The van der Waals surface area contributed by atoms with E-state index in [0.29, 0.717) is 10.0 Å². The first kappa shape index (κ1) is 13.0. The van der Waals surface area contributed by atoms with Gasteiger partial charge in [0.05, 0.1) is 15.0 Å². The number of nitro benzene ring substituents is 1. The van der Waals surface area contributed by atoms with Gasteiger partial charge in [0.25, 0.3) is 5.69 Å². The maximum atomic E-state index is 11.7. The highest BCUT2D eigenvalue weighted by Crippen LogP contribution is 2.39. The number of cyclic esters (lactones) is 1. The number of fused-ring (bicyclic) bond motifs is 1. The lowest BCUT2D eigenvalue weighted by Crippen LogP contribution is -1.98. The lowest BCUT2D eigenvalue weighted by atomic mass is 10.0. The number of hydrogen-bond acceptors (Lipinski definition) is 4. The maximum Gasteiger partial charge on any atom is 0.339 e. The molecule has 0 saturated carbocycles. The molecule has 1 aliphatic rings. The Bertz CT molecular complexity index is 515. The van der Waals surface area contributed by atoms with E-state index in [0.717, 1.165) is 24.8 Å². The van der Waals surface area contributed by atoms with Gasteiger partial charge in [0.2, 0.25) is 0 Å². The number of rotatable bonds is 4. The number of carbonyl (C=O) groups is 1. The van der Waals surface area contributed by atoms with E-state index in [-0.39, 0.29) is 11.8 Å². The zero-order valence-corrected chi connectivity index (χ0v) is 11.4. The molecule has 1 unspecified atom stereocenters. The number of esters is 1. The van der Waals surface area contributed by atoms with Crippen LogP contribution in [0.5, 0.6) is 0 Å². The molecular formula is C12H12BrNO4. The summed E-state index contributed by atoms with van der Waals surface area (Å²) in [5.41, 5.74) is 0.943. The van der Waals surface area contributed by atoms with Crippen LogP contribution in [0.1, 0.15) is 48.2 Å². The summed E-state index contributed by atoms with van der Waals surface area (Å²) in [6.07, 6.45) is 2.44. The van der Waals surface area contributed by atoms with Gasteiger partial charge in [-0.3, -0.25) is 10.1 Å². The maximum absolute atomic E-state index is 11.7. The third kappa shape index (κ3) is 2.25. The molecule has 5 nitrogen and oxygen atoms in total. The number of nitrogens with zero attached hydrogens (tertiary/aromatic N) is 1. The predicted octanol–water partition coefficient (Wildman–Crippen LogP) is 3.76. The zero-order chi connectivity index (χ0) is 13.3. The Kier molecular flexibility index (Phi) is 3.65. The van der Waals surface area contributed by atoms with E-state index in [2.05, 4.69) is 22.9 Å². The van der Waals surface area contributed by atoms with Gasteiger partial charge >= 0.3 is 5.97 Å². The Hall–Kier alpha value is -1.43. The summed E-state index contributed by atoms with van der Waals surface area (Å²) in [6.45, 7) is 2.06. The van der Waals surface area contributed by atoms with Gasteiger partial charge in [-0.25, -0.2) is 4.79 Å². The van der Waals surface area contributed by atoms with Crippen molar-refractivity contribution in [1.29, 1.82) is 0 Å². The predicted molar refractivity (Wildman–Crippen MR) is 68.5 cm³/mol. The van der Waals surface area contributed by atoms with Gasteiger partial charge in [-0.2, -0.15) is 0 Å². The molecule has 0 saturated heterocycles. The van der Waals surface area contributed by atoms with Crippen LogP contribution >= 0.6 is 15.9 Å². The monoisotopic (exact) mass is 313 g/mol. The SMILES string of the molecule is CCCCC1OC(=O)c2cc([N+](=O)[O-])c(Br)cc21. The summed E-state index contributed by atoms with van der Waals surface area (Å²) in [7, 11) is 0. The quantitative estimate of drug-likeness (QED) is 0.482. The van der Waals surface area contributed by atoms with Crippen molar-refractivity contribution in [1.82, 2.24) is 0 Å². The molecule has 96 valence electrons. The molecule has 0 N–H and O–H groups in total. The second-order valence-corrected chi connectivity index (χ2v) is 5.04. The number of halogens is 1. The van der Waals surface area contributed by atoms with Crippen LogP contribution in [0, 0.1) is 10.1 Å². The second-order valence-electron chi connectivity index (χ2n) is 4.18. The molecule has 1 atom stereocenters. The van der Waals surface area contributed by atoms with Crippen molar-refractivity contribution in [2.24, 2.45) is 0 Å². The van der Waals surface area contributed by atoms with Crippen LogP contribution in [0.2, 0.25) is 0 Å². The number of unbranched alkanes of at least 4 members (excludes halogenated alkanes) is 1. The lowest BCUT2D eigenvalue weighted by Gasteiger charge is -2.09. The van der Waals surface area contributed by atoms with E-state index in [9.17, 15) is 14.9 Å². The van der Waals surface area contributed by atoms with Crippen molar-refractivity contribution in [3.63, 3.8) is 0 Å². The summed E-state index contributed by atoms with van der Waals surface area (Å²) in [6, 6.07) is 2.91. The minimum atomic E-state index is -0.517. The molecule has 0 aliphatic carbocycles. The summed E-state index contributed by atoms with van der Waals surface area (Å²) in [5, 5.41) is 10.8. The molecule has 1 aliphatic heterocycles. The largest absolute Gasteiger partial charge is 0.454 e. The van der Waals surface area contributed by atoms with Crippen LogP contribution in [-0.2, 0) is 4.74 Å². The molecule has 1 aromatic carbocycles. The minimum Gasteiger partial charge on any atom is -0.454 e. The molecule has 2 rings (SSSR count). The van der Waals surface area contributed by atoms with Crippen LogP contribution in [0.25, 0.3) is 0 Å². The van der Waals surface area contributed by atoms with Gasteiger partial charge in [-0.15, -0.1) is 0 Å². The standard InChI is InChI=1S/C12H12BrNO4/c1-2-3-4-11-7-5-9(13)10(14(16)17)6-8(7)12(15)18-11/h5-6,11H,2-4H2,1H3. The number of ether oxygens (including phenoxy) is 1. The van der Waals surface area contributed by atoms with Crippen LogP contribution in [-0.4, -0.2) is 10.9 Å². The lowest BCUT2D eigenvalue weighted by molar-refractivity contribution is -0.385.